The Labute approximate surface area is 105 Å². The van der Waals surface area contributed by atoms with Crippen LogP contribution in [-0.2, 0) is 0 Å². The first-order chi connectivity index (χ1) is 8.00. The quantitative estimate of drug-likeness (QED) is 0.685. The molecule has 3 saturated carbocycles. The molecule has 17 heavy (non-hydrogen) atoms. The molecule has 1 heteroatoms. The molecule has 5 atom stereocenters. The van der Waals surface area contributed by atoms with Gasteiger partial charge in [0.05, 0.1) is 6.10 Å². The maximum atomic E-state index is 9.86. The number of aliphatic hydroxyl groups excluding tert-OH is 1. The van der Waals surface area contributed by atoms with Crippen molar-refractivity contribution in [2.45, 2.75) is 58.5 Å². The fourth-order valence-electron chi connectivity index (χ4n) is 4.91. The second-order valence-electron chi connectivity index (χ2n) is 7.27. The Kier molecular flexibility index (Phi) is 2.66. The van der Waals surface area contributed by atoms with Crippen molar-refractivity contribution in [3.05, 3.63) is 12.2 Å². The van der Waals surface area contributed by atoms with E-state index in [4.69, 9.17) is 0 Å². The smallest absolute Gasteiger partial charge is 0.0543 e. The lowest BCUT2D eigenvalue weighted by atomic mass is 9.64. The largest absolute Gasteiger partial charge is 0.393 e. The molecule has 3 rings (SSSR count). The first-order valence-electron chi connectivity index (χ1n) is 7.37. The zero-order chi connectivity index (χ0) is 12.2. The molecule has 2 bridgehead atoms. The van der Waals surface area contributed by atoms with Gasteiger partial charge in [-0.05, 0) is 61.2 Å². The molecule has 0 aliphatic heterocycles. The van der Waals surface area contributed by atoms with Gasteiger partial charge in [0.2, 0.25) is 0 Å². The highest BCUT2D eigenvalue weighted by molar-refractivity contribution is 5.25. The average Bonchev–Trinajstić information content (AvgIpc) is 2.79. The molecule has 0 heterocycles. The van der Waals surface area contributed by atoms with Gasteiger partial charge in [0, 0.05) is 0 Å². The van der Waals surface area contributed by atoms with Crippen LogP contribution in [0.25, 0.3) is 0 Å². The van der Waals surface area contributed by atoms with Crippen LogP contribution < -0.4 is 0 Å². The van der Waals surface area contributed by atoms with Gasteiger partial charge in [-0.2, -0.15) is 0 Å². The summed E-state index contributed by atoms with van der Waals surface area (Å²) in [6.45, 7) is 9.15. The van der Waals surface area contributed by atoms with Crippen LogP contribution in [0.15, 0.2) is 12.2 Å². The highest BCUT2D eigenvalue weighted by Crippen LogP contribution is 2.63. The topological polar surface area (TPSA) is 20.2 Å². The second-order valence-corrected chi connectivity index (χ2v) is 7.27. The summed E-state index contributed by atoms with van der Waals surface area (Å²) in [6, 6.07) is 0. The van der Waals surface area contributed by atoms with E-state index in [1.54, 1.807) is 0 Å². The van der Waals surface area contributed by atoms with E-state index >= 15 is 0 Å². The fourth-order valence-corrected chi connectivity index (χ4v) is 4.91. The number of aliphatic hydroxyl groups is 1. The van der Waals surface area contributed by atoms with Crippen molar-refractivity contribution in [2.24, 2.45) is 29.1 Å². The van der Waals surface area contributed by atoms with E-state index in [9.17, 15) is 5.11 Å². The Morgan fingerprint density at radius 2 is 1.94 bits per heavy atom. The lowest BCUT2D eigenvalue weighted by molar-refractivity contribution is 0.0645. The predicted octanol–water partition coefficient (Wildman–Crippen LogP) is 3.78. The summed E-state index contributed by atoms with van der Waals surface area (Å²) < 4.78 is 0. The van der Waals surface area contributed by atoms with Gasteiger partial charge < -0.3 is 5.11 Å². The summed E-state index contributed by atoms with van der Waals surface area (Å²) >= 11 is 0. The number of hydrogen-bond donors (Lipinski definition) is 1. The van der Waals surface area contributed by atoms with Crippen LogP contribution in [0, 0.1) is 29.1 Å². The molecule has 0 radical (unpaired) electrons. The minimum atomic E-state index is -0.0193. The Bertz CT molecular complexity index is 330. The van der Waals surface area contributed by atoms with Crippen molar-refractivity contribution in [3.8, 4) is 0 Å². The van der Waals surface area contributed by atoms with Gasteiger partial charge in [-0.1, -0.05) is 32.4 Å². The summed E-state index contributed by atoms with van der Waals surface area (Å²) in [7, 11) is 0. The zero-order valence-corrected chi connectivity index (χ0v) is 11.3. The third-order valence-corrected chi connectivity index (χ3v) is 6.20. The standard InChI is InChI=1S/C16H26O/c1-10-14-8-12(16(10,2)3)9-15(14)11-5-4-6-13(17)7-11/h11-15,17H,1,4-9H2,2-3H3. The maximum absolute atomic E-state index is 9.86. The molecule has 0 spiro atoms. The molecule has 0 aromatic carbocycles. The van der Waals surface area contributed by atoms with Crippen LogP contribution in [0.2, 0.25) is 0 Å². The summed E-state index contributed by atoms with van der Waals surface area (Å²) in [5.41, 5.74) is 1.90. The Balaban J connectivity index is 1.74. The van der Waals surface area contributed by atoms with Gasteiger partial charge in [-0.3, -0.25) is 0 Å². The van der Waals surface area contributed by atoms with Crippen LogP contribution in [0.4, 0.5) is 0 Å². The first kappa shape index (κ1) is 11.8. The van der Waals surface area contributed by atoms with Gasteiger partial charge in [-0.15, -0.1) is 0 Å². The Morgan fingerprint density at radius 1 is 1.18 bits per heavy atom. The van der Waals surface area contributed by atoms with Gasteiger partial charge in [-0.25, -0.2) is 0 Å². The van der Waals surface area contributed by atoms with Crippen molar-refractivity contribution in [2.75, 3.05) is 0 Å². The number of allylic oxidation sites excluding steroid dienone is 1. The third-order valence-electron chi connectivity index (χ3n) is 6.20. The number of hydrogen-bond acceptors (Lipinski definition) is 1. The van der Waals surface area contributed by atoms with Crippen molar-refractivity contribution < 1.29 is 5.11 Å². The van der Waals surface area contributed by atoms with Gasteiger partial charge in [0.25, 0.3) is 0 Å². The summed E-state index contributed by atoms with van der Waals surface area (Å²) in [5, 5.41) is 9.86. The van der Waals surface area contributed by atoms with Gasteiger partial charge >= 0.3 is 0 Å². The Morgan fingerprint density at radius 3 is 2.53 bits per heavy atom. The molecule has 3 fully saturated rings. The van der Waals surface area contributed by atoms with E-state index in [0.29, 0.717) is 5.41 Å². The van der Waals surface area contributed by atoms with Crippen LogP contribution in [-0.4, -0.2) is 11.2 Å². The van der Waals surface area contributed by atoms with Gasteiger partial charge in [0.15, 0.2) is 0 Å². The molecule has 0 amide bonds. The highest BCUT2D eigenvalue weighted by Gasteiger charge is 2.54. The summed E-state index contributed by atoms with van der Waals surface area (Å²) in [4.78, 5) is 0. The normalized spacial score (nSPS) is 48.6. The third kappa shape index (κ3) is 1.69. The minimum absolute atomic E-state index is 0.0193. The molecular formula is C16H26O. The zero-order valence-electron chi connectivity index (χ0n) is 11.3. The summed E-state index contributed by atoms with van der Waals surface area (Å²) in [6.07, 6.45) is 7.42. The predicted molar refractivity (Wildman–Crippen MR) is 70.6 cm³/mol. The first-order valence-corrected chi connectivity index (χ1v) is 7.37. The molecule has 0 aromatic heterocycles. The van der Waals surface area contributed by atoms with Crippen molar-refractivity contribution >= 4 is 0 Å². The van der Waals surface area contributed by atoms with Gasteiger partial charge in [0.1, 0.15) is 0 Å². The number of rotatable bonds is 1. The molecular weight excluding hydrogens is 208 g/mol. The minimum Gasteiger partial charge on any atom is -0.393 e. The monoisotopic (exact) mass is 234 g/mol. The lowest BCUT2D eigenvalue weighted by Crippen LogP contribution is -2.33. The number of fused-ring (bicyclic) bond motifs is 2. The lowest BCUT2D eigenvalue weighted by Gasteiger charge is -2.41. The van der Waals surface area contributed by atoms with Crippen LogP contribution in [0.3, 0.4) is 0 Å². The molecule has 1 nitrogen and oxygen atoms in total. The van der Waals surface area contributed by atoms with E-state index in [1.165, 1.54) is 31.3 Å². The van der Waals surface area contributed by atoms with Crippen LogP contribution >= 0.6 is 0 Å². The van der Waals surface area contributed by atoms with E-state index in [1.807, 2.05) is 0 Å². The SMILES string of the molecule is C=C1C2CC(CC2C2CCCC(O)C2)C1(C)C. The second kappa shape index (κ2) is 3.85. The molecule has 96 valence electrons. The van der Waals surface area contributed by atoms with E-state index in [-0.39, 0.29) is 6.10 Å². The van der Waals surface area contributed by atoms with E-state index < -0.39 is 0 Å². The van der Waals surface area contributed by atoms with Crippen molar-refractivity contribution in [1.29, 1.82) is 0 Å². The van der Waals surface area contributed by atoms with E-state index in [2.05, 4.69) is 20.4 Å². The van der Waals surface area contributed by atoms with E-state index in [0.717, 1.165) is 36.5 Å². The van der Waals surface area contributed by atoms with Crippen LogP contribution in [0.5, 0.6) is 0 Å². The highest BCUT2D eigenvalue weighted by atomic mass is 16.3. The van der Waals surface area contributed by atoms with Crippen LogP contribution in [0.1, 0.15) is 52.4 Å². The van der Waals surface area contributed by atoms with Crippen molar-refractivity contribution in [1.82, 2.24) is 0 Å². The molecule has 5 unspecified atom stereocenters. The fraction of sp³-hybridized carbons (Fsp3) is 0.875. The van der Waals surface area contributed by atoms with Crippen molar-refractivity contribution in [3.63, 3.8) is 0 Å². The summed E-state index contributed by atoms with van der Waals surface area (Å²) in [5.74, 6) is 3.26. The average molecular weight is 234 g/mol. The molecule has 3 aliphatic rings. The molecule has 1 N–H and O–H groups in total. The molecule has 0 saturated heterocycles. The molecule has 3 aliphatic carbocycles. The molecule has 0 aromatic rings. The Hall–Kier alpha value is -0.300. The maximum Gasteiger partial charge on any atom is 0.0543 e.